The normalized spacial score (nSPS) is 12.5. The van der Waals surface area contributed by atoms with Gasteiger partial charge in [-0.2, -0.15) is 0 Å². The molecule has 0 heterocycles. The minimum atomic E-state index is -0.848. The Balaban J connectivity index is 3.48. The van der Waals surface area contributed by atoms with Crippen molar-refractivity contribution in [1.29, 1.82) is 0 Å². The lowest BCUT2D eigenvalue weighted by Crippen LogP contribution is -2.43. The molecule has 100 valence electrons. The van der Waals surface area contributed by atoms with Gasteiger partial charge in [0.25, 0.3) is 0 Å². The number of unbranched alkanes of at least 4 members (excludes halogenated alkanes) is 1. The van der Waals surface area contributed by atoms with Crippen molar-refractivity contribution in [2.24, 2.45) is 11.5 Å². The van der Waals surface area contributed by atoms with E-state index in [1.54, 1.807) is 0 Å². The summed E-state index contributed by atoms with van der Waals surface area (Å²) in [6.45, 7) is 5.17. The van der Waals surface area contributed by atoms with E-state index >= 15 is 0 Å². The van der Waals surface area contributed by atoms with Crippen LogP contribution in [0.15, 0.2) is 0 Å². The van der Waals surface area contributed by atoms with Crippen molar-refractivity contribution in [3.8, 4) is 0 Å². The van der Waals surface area contributed by atoms with Crippen molar-refractivity contribution < 1.29 is 14.3 Å². The minimum Gasteiger partial charge on any atom is -0.379 e. The molecule has 6 heteroatoms. The first kappa shape index (κ1) is 15.9. The first-order valence-electron chi connectivity index (χ1n) is 5.86. The number of ether oxygens (including phenoxy) is 1. The highest BCUT2D eigenvalue weighted by atomic mass is 16.5. The second-order valence-electron chi connectivity index (χ2n) is 4.19. The first-order chi connectivity index (χ1) is 7.93. The van der Waals surface area contributed by atoms with Gasteiger partial charge < -0.3 is 21.5 Å². The first-order valence-corrected chi connectivity index (χ1v) is 5.86. The number of nitrogens with one attached hydrogen (secondary N) is 1. The highest BCUT2D eigenvalue weighted by Gasteiger charge is 2.14. The van der Waals surface area contributed by atoms with Gasteiger partial charge >= 0.3 is 0 Å². The zero-order chi connectivity index (χ0) is 13.3. The summed E-state index contributed by atoms with van der Waals surface area (Å²) in [4.78, 5) is 21.9. The third kappa shape index (κ3) is 9.77. The van der Waals surface area contributed by atoms with E-state index in [2.05, 4.69) is 5.32 Å². The fraction of sp³-hybridized carbons (Fsp3) is 0.818. The van der Waals surface area contributed by atoms with Crippen molar-refractivity contribution in [3.05, 3.63) is 0 Å². The molecule has 0 fully saturated rings. The quantitative estimate of drug-likeness (QED) is 0.476. The van der Waals surface area contributed by atoms with Gasteiger partial charge in [-0.15, -0.1) is 0 Å². The number of carbonyl (C=O) groups is 2. The lowest BCUT2D eigenvalue weighted by Gasteiger charge is -2.11. The summed E-state index contributed by atoms with van der Waals surface area (Å²) >= 11 is 0. The molecule has 1 unspecified atom stereocenters. The van der Waals surface area contributed by atoms with Gasteiger partial charge in [0.1, 0.15) is 0 Å². The molecule has 6 nitrogen and oxygen atoms in total. The van der Waals surface area contributed by atoms with Gasteiger partial charge in [-0.05, 0) is 26.7 Å². The summed E-state index contributed by atoms with van der Waals surface area (Å²) in [5.74, 6) is -0.911. The molecule has 0 aromatic carbocycles. The molecule has 0 aromatic heterocycles. The summed E-state index contributed by atoms with van der Waals surface area (Å²) in [5, 5.41) is 2.65. The van der Waals surface area contributed by atoms with E-state index in [1.807, 2.05) is 13.8 Å². The van der Waals surface area contributed by atoms with E-state index in [-0.39, 0.29) is 18.4 Å². The molecular formula is C11H23N3O3. The summed E-state index contributed by atoms with van der Waals surface area (Å²) < 4.78 is 5.35. The molecule has 1 atom stereocenters. The summed E-state index contributed by atoms with van der Waals surface area (Å²) in [5.41, 5.74) is 10.4. The van der Waals surface area contributed by atoms with Crippen LogP contribution in [0.3, 0.4) is 0 Å². The van der Waals surface area contributed by atoms with E-state index in [4.69, 9.17) is 16.2 Å². The molecule has 0 aliphatic heterocycles. The van der Waals surface area contributed by atoms with Gasteiger partial charge in [0, 0.05) is 13.2 Å². The van der Waals surface area contributed by atoms with E-state index in [0.29, 0.717) is 13.2 Å². The lowest BCUT2D eigenvalue weighted by molar-refractivity contribution is -0.126. The Labute approximate surface area is 102 Å². The van der Waals surface area contributed by atoms with Crippen LogP contribution in [0.4, 0.5) is 0 Å². The second-order valence-corrected chi connectivity index (χ2v) is 4.19. The van der Waals surface area contributed by atoms with Gasteiger partial charge in [0.2, 0.25) is 11.8 Å². The van der Waals surface area contributed by atoms with E-state index in [9.17, 15) is 9.59 Å². The molecule has 0 aliphatic carbocycles. The fourth-order valence-corrected chi connectivity index (χ4v) is 1.20. The van der Waals surface area contributed by atoms with Crippen LogP contribution in [0.2, 0.25) is 0 Å². The molecule has 0 saturated heterocycles. The summed E-state index contributed by atoms with van der Waals surface area (Å²) in [7, 11) is 0. The maximum atomic E-state index is 11.3. The van der Waals surface area contributed by atoms with Gasteiger partial charge in [-0.25, -0.2) is 0 Å². The molecule has 0 aromatic rings. The van der Waals surface area contributed by atoms with Crippen molar-refractivity contribution in [2.75, 3.05) is 13.2 Å². The van der Waals surface area contributed by atoms with Crippen LogP contribution in [-0.4, -0.2) is 37.1 Å². The van der Waals surface area contributed by atoms with Gasteiger partial charge in [0.05, 0.1) is 18.6 Å². The Bertz CT molecular complexity index is 244. The van der Waals surface area contributed by atoms with Crippen LogP contribution in [-0.2, 0) is 14.3 Å². The predicted molar refractivity (Wildman–Crippen MR) is 65.1 cm³/mol. The number of hydrogen-bond donors (Lipinski definition) is 3. The third-order valence-corrected chi connectivity index (χ3v) is 2.08. The van der Waals surface area contributed by atoms with E-state index in [0.717, 1.165) is 12.8 Å². The average Bonchev–Trinajstić information content (AvgIpc) is 2.21. The molecule has 5 N–H and O–H groups in total. The van der Waals surface area contributed by atoms with Crippen LogP contribution in [0.1, 0.15) is 33.1 Å². The van der Waals surface area contributed by atoms with E-state index < -0.39 is 11.9 Å². The molecule has 0 saturated carbocycles. The summed E-state index contributed by atoms with van der Waals surface area (Å²) in [6.07, 6.45) is 1.81. The van der Waals surface area contributed by atoms with Crippen LogP contribution in [0, 0.1) is 0 Å². The Hall–Kier alpha value is -1.14. The lowest BCUT2D eigenvalue weighted by atomic mass is 10.2. The van der Waals surface area contributed by atoms with Gasteiger partial charge in [-0.1, -0.05) is 0 Å². The second kappa shape index (κ2) is 8.95. The Morgan fingerprint density at radius 2 is 1.94 bits per heavy atom. The van der Waals surface area contributed by atoms with Crippen molar-refractivity contribution >= 4 is 11.8 Å². The zero-order valence-electron chi connectivity index (χ0n) is 10.6. The van der Waals surface area contributed by atoms with E-state index in [1.165, 1.54) is 0 Å². The molecule has 0 aliphatic rings. The molecule has 0 rings (SSSR count). The zero-order valence-corrected chi connectivity index (χ0v) is 10.6. The van der Waals surface area contributed by atoms with Crippen molar-refractivity contribution in [3.63, 3.8) is 0 Å². The highest BCUT2D eigenvalue weighted by Crippen LogP contribution is 1.94. The number of amides is 2. The number of rotatable bonds is 9. The molecule has 2 amide bonds. The molecule has 0 radical (unpaired) electrons. The molecule has 0 spiro atoms. The maximum absolute atomic E-state index is 11.3. The standard InChI is InChI=1S/C11H23N3O3/c1-8(2)17-6-4-3-5-14-11(16)9(12)7-10(13)15/h8-9H,3-7,12H2,1-2H3,(H2,13,15)(H,14,16). The molecule has 17 heavy (non-hydrogen) atoms. The van der Waals surface area contributed by atoms with Crippen LogP contribution in [0.25, 0.3) is 0 Å². The van der Waals surface area contributed by atoms with Crippen molar-refractivity contribution in [2.45, 2.75) is 45.3 Å². The monoisotopic (exact) mass is 245 g/mol. The van der Waals surface area contributed by atoms with Crippen LogP contribution < -0.4 is 16.8 Å². The molecular weight excluding hydrogens is 222 g/mol. The third-order valence-electron chi connectivity index (χ3n) is 2.08. The van der Waals surface area contributed by atoms with Gasteiger partial charge in [0.15, 0.2) is 0 Å². The molecule has 0 bridgehead atoms. The predicted octanol–water partition coefficient (Wildman–Crippen LogP) is -0.489. The highest BCUT2D eigenvalue weighted by molar-refractivity contribution is 5.87. The maximum Gasteiger partial charge on any atom is 0.237 e. The van der Waals surface area contributed by atoms with Crippen LogP contribution >= 0.6 is 0 Å². The SMILES string of the molecule is CC(C)OCCCCNC(=O)C(N)CC(N)=O. The topological polar surface area (TPSA) is 107 Å². The number of hydrogen-bond acceptors (Lipinski definition) is 4. The minimum absolute atomic E-state index is 0.123. The Morgan fingerprint density at radius 1 is 1.29 bits per heavy atom. The largest absolute Gasteiger partial charge is 0.379 e. The Kier molecular flexibility index (Phi) is 8.35. The number of primary amides is 1. The van der Waals surface area contributed by atoms with Crippen LogP contribution in [0.5, 0.6) is 0 Å². The fourth-order valence-electron chi connectivity index (χ4n) is 1.20. The summed E-state index contributed by atoms with van der Waals surface area (Å²) in [6, 6.07) is -0.848. The van der Waals surface area contributed by atoms with Crippen molar-refractivity contribution in [1.82, 2.24) is 5.32 Å². The average molecular weight is 245 g/mol. The Morgan fingerprint density at radius 3 is 2.47 bits per heavy atom. The van der Waals surface area contributed by atoms with Gasteiger partial charge in [-0.3, -0.25) is 9.59 Å². The number of carbonyl (C=O) groups excluding carboxylic acids is 2. The number of nitrogens with two attached hydrogens (primary N) is 2. The smallest absolute Gasteiger partial charge is 0.237 e.